The Kier molecular flexibility index (Phi) is 6.99. The van der Waals surface area contributed by atoms with E-state index in [0.717, 1.165) is 31.5 Å². The number of amides is 1. The van der Waals surface area contributed by atoms with Gasteiger partial charge in [0.25, 0.3) is 5.56 Å². The molecule has 0 unspecified atom stereocenters. The monoisotopic (exact) mass is 397 g/mol. The van der Waals surface area contributed by atoms with Crippen LogP contribution < -0.4 is 15.8 Å². The molecule has 1 aromatic heterocycles. The minimum absolute atomic E-state index is 0.00587. The molecule has 0 aliphatic carbocycles. The van der Waals surface area contributed by atoms with Crippen molar-refractivity contribution < 1.29 is 10.0 Å². The molecule has 8 heteroatoms. The molecule has 3 N–H and O–H groups in total. The first-order valence-corrected chi connectivity index (χ1v) is 9.96. The molecule has 0 saturated carbocycles. The largest absolute Gasteiger partial charge is 0.411 e. The Morgan fingerprint density at radius 2 is 2.00 bits per heavy atom. The van der Waals surface area contributed by atoms with Gasteiger partial charge in [-0.3, -0.25) is 14.6 Å². The van der Waals surface area contributed by atoms with E-state index in [1.165, 1.54) is 0 Å². The maximum absolute atomic E-state index is 12.4. The molecule has 1 aromatic carbocycles. The van der Waals surface area contributed by atoms with E-state index in [0.29, 0.717) is 42.3 Å². The summed E-state index contributed by atoms with van der Waals surface area (Å²) in [5.41, 5.74) is 2.16. The lowest BCUT2D eigenvalue weighted by Gasteiger charge is -2.17. The molecule has 29 heavy (non-hydrogen) atoms. The molecule has 8 nitrogen and oxygen atoms in total. The molecule has 154 valence electrons. The normalized spacial score (nSPS) is 14.2. The molecule has 3 rings (SSSR count). The lowest BCUT2D eigenvalue weighted by Crippen LogP contribution is -2.31. The van der Waals surface area contributed by atoms with Gasteiger partial charge in [-0.05, 0) is 38.2 Å². The molecule has 0 bridgehead atoms. The molecular weight excluding hydrogens is 370 g/mol. The van der Waals surface area contributed by atoms with Gasteiger partial charge in [-0.15, -0.1) is 0 Å². The van der Waals surface area contributed by atoms with Crippen LogP contribution in [0.1, 0.15) is 42.5 Å². The zero-order valence-corrected chi connectivity index (χ0v) is 16.6. The lowest BCUT2D eigenvalue weighted by atomic mass is 10.1. The van der Waals surface area contributed by atoms with Crippen LogP contribution in [0.15, 0.2) is 40.3 Å². The fourth-order valence-electron chi connectivity index (χ4n) is 3.47. The highest BCUT2D eigenvalue weighted by Crippen LogP contribution is 2.15. The number of benzene rings is 1. The third-order valence-corrected chi connectivity index (χ3v) is 5.09. The van der Waals surface area contributed by atoms with Crippen LogP contribution in [0.25, 0.3) is 0 Å². The summed E-state index contributed by atoms with van der Waals surface area (Å²) in [6, 6.07) is 9.41. The molecule has 1 saturated heterocycles. The minimum atomic E-state index is -0.256. The predicted octanol–water partition coefficient (Wildman–Crippen LogP) is 2.00. The summed E-state index contributed by atoms with van der Waals surface area (Å²) in [5, 5.41) is 15.4. The van der Waals surface area contributed by atoms with Crippen molar-refractivity contribution in [3.8, 4) is 0 Å². The minimum Gasteiger partial charge on any atom is -0.411 e. The van der Waals surface area contributed by atoms with E-state index in [1.54, 1.807) is 6.92 Å². The zero-order chi connectivity index (χ0) is 20.6. The van der Waals surface area contributed by atoms with Crippen molar-refractivity contribution in [3.05, 3.63) is 57.5 Å². The average Bonchev–Trinajstić information content (AvgIpc) is 3.26. The van der Waals surface area contributed by atoms with Gasteiger partial charge in [-0.25, -0.2) is 4.98 Å². The molecule has 0 radical (unpaired) electrons. The van der Waals surface area contributed by atoms with E-state index < -0.39 is 0 Å². The maximum Gasteiger partial charge on any atom is 0.256 e. The van der Waals surface area contributed by atoms with E-state index >= 15 is 0 Å². The smallest absolute Gasteiger partial charge is 0.256 e. The summed E-state index contributed by atoms with van der Waals surface area (Å²) in [6.07, 6.45) is 3.35. The van der Waals surface area contributed by atoms with Gasteiger partial charge in [0.2, 0.25) is 11.9 Å². The first-order valence-electron chi connectivity index (χ1n) is 9.96. The number of hydrogen-bond donors (Lipinski definition) is 3. The van der Waals surface area contributed by atoms with Crippen LogP contribution in [-0.4, -0.2) is 46.4 Å². The second-order valence-electron chi connectivity index (χ2n) is 7.19. The van der Waals surface area contributed by atoms with Crippen molar-refractivity contribution in [1.82, 2.24) is 15.3 Å². The average molecular weight is 397 g/mol. The van der Waals surface area contributed by atoms with E-state index in [4.69, 9.17) is 0 Å². The molecular formula is C21H27N5O3. The number of aromatic amines is 1. The number of carbonyl (C=O) groups excluding carboxylic acids is 1. The summed E-state index contributed by atoms with van der Waals surface area (Å²) in [7, 11) is 0. The van der Waals surface area contributed by atoms with Gasteiger partial charge in [-0.2, -0.15) is 0 Å². The highest BCUT2D eigenvalue weighted by molar-refractivity contribution is 6.00. The number of aryl methyl sites for hydroxylation is 1. The predicted molar refractivity (Wildman–Crippen MR) is 112 cm³/mol. The first kappa shape index (κ1) is 20.6. The van der Waals surface area contributed by atoms with Gasteiger partial charge in [0.05, 0.1) is 17.8 Å². The van der Waals surface area contributed by atoms with E-state index in [1.807, 2.05) is 30.3 Å². The fraction of sp³-hybridized carbons (Fsp3) is 0.429. The van der Waals surface area contributed by atoms with Gasteiger partial charge in [0.15, 0.2) is 0 Å². The van der Waals surface area contributed by atoms with Gasteiger partial charge in [0.1, 0.15) is 0 Å². The number of aromatic nitrogens is 2. The van der Waals surface area contributed by atoms with Crippen molar-refractivity contribution in [2.45, 2.75) is 39.0 Å². The SMILES string of the molecule is Cc1nc(N2CCCC2)[nH]c(=O)c1CC(=O)NCCC/C(=N/O)c1ccccc1. The van der Waals surface area contributed by atoms with Crippen LogP contribution in [0.4, 0.5) is 5.95 Å². The standard InChI is InChI=1S/C21H27N5O3/c1-15-17(20(28)24-21(23-15)26-12-5-6-13-26)14-19(27)22-11-7-10-18(25-29)16-8-3-2-4-9-16/h2-4,8-9,29H,5-7,10-14H2,1H3,(H,22,27)(H,23,24,28)/b25-18-. The second kappa shape index (κ2) is 9.86. The van der Waals surface area contributed by atoms with Gasteiger partial charge in [0, 0.05) is 25.2 Å². The number of rotatable bonds is 8. The Balaban J connectivity index is 1.50. The second-order valence-corrected chi connectivity index (χ2v) is 7.19. The van der Waals surface area contributed by atoms with Crippen LogP contribution in [0.2, 0.25) is 0 Å². The topological polar surface area (TPSA) is 111 Å². The summed E-state index contributed by atoms with van der Waals surface area (Å²) in [6.45, 7) is 3.98. The third-order valence-electron chi connectivity index (χ3n) is 5.09. The molecule has 1 aliphatic heterocycles. The van der Waals surface area contributed by atoms with E-state index in [2.05, 4.69) is 25.3 Å². The summed E-state index contributed by atoms with van der Waals surface area (Å²) in [4.78, 5) is 34.0. The number of anilines is 1. The Bertz CT molecular complexity index is 918. The number of carbonyl (C=O) groups is 1. The summed E-state index contributed by atoms with van der Waals surface area (Å²) in [5.74, 6) is 0.363. The lowest BCUT2D eigenvalue weighted by molar-refractivity contribution is -0.120. The van der Waals surface area contributed by atoms with Crippen LogP contribution in [0, 0.1) is 6.92 Å². The molecule has 2 heterocycles. The number of nitrogens with zero attached hydrogens (tertiary/aromatic N) is 3. The molecule has 1 aliphatic rings. The highest BCUT2D eigenvalue weighted by atomic mass is 16.4. The van der Waals surface area contributed by atoms with Crippen LogP contribution in [-0.2, 0) is 11.2 Å². The zero-order valence-electron chi connectivity index (χ0n) is 16.6. The Labute approximate surface area is 169 Å². The highest BCUT2D eigenvalue weighted by Gasteiger charge is 2.18. The van der Waals surface area contributed by atoms with Crippen molar-refractivity contribution in [2.24, 2.45) is 5.16 Å². The molecule has 0 atom stereocenters. The number of H-pyrrole nitrogens is 1. The molecule has 2 aromatic rings. The van der Waals surface area contributed by atoms with Crippen molar-refractivity contribution in [2.75, 3.05) is 24.5 Å². The number of nitrogens with one attached hydrogen (secondary N) is 2. The van der Waals surface area contributed by atoms with E-state index in [9.17, 15) is 14.8 Å². The molecule has 1 fully saturated rings. The number of oxime groups is 1. The fourth-order valence-corrected chi connectivity index (χ4v) is 3.47. The molecule has 1 amide bonds. The van der Waals surface area contributed by atoms with Crippen molar-refractivity contribution in [3.63, 3.8) is 0 Å². The van der Waals surface area contributed by atoms with Crippen LogP contribution in [0.3, 0.4) is 0 Å². The van der Waals surface area contributed by atoms with Crippen molar-refractivity contribution in [1.29, 1.82) is 0 Å². The summed E-state index contributed by atoms with van der Waals surface area (Å²) < 4.78 is 0. The van der Waals surface area contributed by atoms with Crippen LogP contribution >= 0.6 is 0 Å². The Morgan fingerprint density at radius 3 is 2.66 bits per heavy atom. The third kappa shape index (κ3) is 5.43. The van der Waals surface area contributed by atoms with Crippen molar-refractivity contribution >= 4 is 17.6 Å². The maximum atomic E-state index is 12.4. The Morgan fingerprint density at radius 1 is 1.28 bits per heavy atom. The quantitative estimate of drug-likeness (QED) is 0.273. The summed E-state index contributed by atoms with van der Waals surface area (Å²) >= 11 is 0. The van der Waals surface area contributed by atoms with Crippen LogP contribution in [0.5, 0.6) is 0 Å². The van der Waals surface area contributed by atoms with Gasteiger partial charge >= 0.3 is 0 Å². The molecule has 0 spiro atoms. The Hall–Kier alpha value is -3.16. The van der Waals surface area contributed by atoms with Gasteiger partial charge in [-0.1, -0.05) is 35.5 Å². The van der Waals surface area contributed by atoms with E-state index in [-0.39, 0.29) is 17.9 Å². The van der Waals surface area contributed by atoms with Gasteiger partial charge < -0.3 is 15.4 Å². The first-order chi connectivity index (χ1) is 14.1. The number of hydrogen-bond acceptors (Lipinski definition) is 6.